The summed E-state index contributed by atoms with van der Waals surface area (Å²) in [7, 11) is 0. The highest BCUT2D eigenvalue weighted by Crippen LogP contribution is 2.39. The van der Waals surface area contributed by atoms with E-state index in [0.29, 0.717) is 0 Å². The monoisotopic (exact) mass is 505 g/mol. The second-order valence-corrected chi connectivity index (χ2v) is 8.71. The van der Waals surface area contributed by atoms with Crippen molar-refractivity contribution < 1.29 is 5.11 Å². The second kappa shape index (κ2) is 7.40. The number of phenols is 1. The van der Waals surface area contributed by atoms with Crippen molar-refractivity contribution in [2.45, 2.75) is 20.3 Å². The quantitative estimate of drug-likeness (QED) is 0.214. The average Bonchev–Trinajstić information content (AvgIpc) is 3.20. The van der Waals surface area contributed by atoms with E-state index in [4.69, 9.17) is 9.97 Å². The molecule has 2 N–H and O–H groups in total. The Morgan fingerprint density at radius 3 is 2.23 bits per heavy atom. The van der Waals surface area contributed by atoms with Gasteiger partial charge in [0.2, 0.25) is 0 Å². The van der Waals surface area contributed by atoms with Gasteiger partial charge < -0.3 is 10.1 Å². The van der Waals surface area contributed by atoms with Crippen LogP contribution in [0.15, 0.2) is 60.7 Å². The van der Waals surface area contributed by atoms with Crippen LogP contribution in [0.5, 0.6) is 5.75 Å². The van der Waals surface area contributed by atoms with E-state index >= 15 is 0 Å². The number of pyridine rings is 2. The Morgan fingerprint density at radius 2 is 1.53 bits per heavy atom. The van der Waals surface area contributed by atoms with Gasteiger partial charge in [0.25, 0.3) is 0 Å². The van der Waals surface area contributed by atoms with Crippen molar-refractivity contribution in [3.63, 3.8) is 0 Å². The summed E-state index contributed by atoms with van der Waals surface area (Å²) in [6.45, 7) is 4.11. The number of H-pyrrole nitrogens is 1. The summed E-state index contributed by atoms with van der Waals surface area (Å²) < 4.78 is 1.04. The van der Waals surface area contributed by atoms with Crippen LogP contribution in [-0.4, -0.2) is 20.1 Å². The first-order valence-electron chi connectivity index (χ1n) is 9.92. The molecular weight excluding hydrogens is 485 g/mol. The topological polar surface area (TPSA) is 61.8 Å². The molecule has 0 aliphatic rings. The molecule has 0 unspecified atom stereocenters. The first kappa shape index (κ1) is 19.1. The lowest BCUT2D eigenvalue weighted by atomic mass is 10.0. The highest BCUT2D eigenvalue weighted by Gasteiger charge is 2.16. The smallest absolute Gasteiger partial charge is 0.134 e. The summed E-state index contributed by atoms with van der Waals surface area (Å²) in [6.07, 6.45) is 0.878. The Morgan fingerprint density at radius 1 is 0.867 bits per heavy atom. The molecule has 30 heavy (non-hydrogen) atoms. The molecule has 3 aromatic heterocycles. The van der Waals surface area contributed by atoms with Crippen molar-refractivity contribution in [3.8, 4) is 28.3 Å². The zero-order valence-electron chi connectivity index (χ0n) is 16.7. The average molecular weight is 505 g/mol. The fraction of sp³-hybridized carbons (Fsp3) is 0.120. The summed E-state index contributed by atoms with van der Waals surface area (Å²) in [5, 5.41) is 13.2. The summed E-state index contributed by atoms with van der Waals surface area (Å²) in [5.41, 5.74) is 6.98. The van der Waals surface area contributed by atoms with Crippen molar-refractivity contribution in [3.05, 3.63) is 75.6 Å². The fourth-order valence-corrected chi connectivity index (χ4v) is 4.44. The second-order valence-electron chi connectivity index (χ2n) is 7.47. The number of halogens is 1. The van der Waals surface area contributed by atoms with E-state index in [2.05, 4.69) is 64.8 Å². The summed E-state index contributed by atoms with van der Waals surface area (Å²) in [6, 6.07) is 20.3. The summed E-state index contributed by atoms with van der Waals surface area (Å²) in [4.78, 5) is 13.1. The minimum absolute atomic E-state index is 0.228. The van der Waals surface area contributed by atoms with Gasteiger partial charge in [-0.15, -0.1) is 0 Å². The number of fused-ring (bicyclic) bond motifs is 3. The van der Waals surface area contributed by atoms with Crippen LogP contribution in [0, 0.1) is 10.5 Å². The molecule has 5 heteroatoms. The number of aryl methyl sites for hydroxylation is 2. The number of nitrogens with one attached hydrogen (secondary N) is 1. The third-order valence-corrected chi connectivity index (χ3v) is 6.04. The molecule has 0 spiro atoms. The lowest BCUT2D eigenvalue weighted by Crippen LogP contribution is -1.93. The molecule has 0 fully saturated rings. The van der Waals surface area contributed by atoms with E-state index in [1.807, 2.05) is 37.3 Å². The number of rotatable bonds is 3. The standard InChI is InChI=1S/C25H20IN3O/c1-3-18-9-7-15-5-6-16-8-11-22(29-24(16)23(15)28-18)20-13-17(26)12-19(25(20)30)21-10-4-14(2)27-21/h4-13,27,30H,3H2,1-2H3. The van der Waals surface area contributed by atoms with Gasteiger partial charge in [-0.25, -0.2) is 4.98 Å². The van der Waals surface area contributed by atoms with E-state index in [1.54, 1.807) is 0 Å². The predicted molar refractivity (Wildman–Crippen MR) is 131 cm³/mol. The third-order valence-electron chi connectivity index (χ3n) is 5.41. The van der Waals surface area contributed by atoms with Crippen LogP contribution in [0.4, 0.5) is 0 Å². The number of aromatic amines is 1. The zero-order chi connectivity index (χ0) is 20.8. The van der Waals surface area contributed by atoms with E-state index in [1.165, 1.54) is 0 Å². The molecule has 0 radical (unpaired) electrons. The molecule has 5 rings (SSSR count). The van der Waals surface area contributed by atoms with Crippen molar-refractivity contribution in [1.29, 1.82) is 0 Å². The molecule has 0 amide bonds. The van der Waals surface area contributed by atoms with Crippen molar-refractivity contribution in [2.75, 3.05) is 0 Å². The van der Waals surface area contributed by atoms with Crippen LogP contribution in [0.1, 0.15) is 18.3 Å². The maximum atomic E-state index is 11.1. The molecule has 5 aromatic rings. The van der Waals surface area contributed by atoms with E-state index in [-0.39, 0.29) is 5.75 Å². The SMILES string of the molecule is CCc1ccc2ccc3ccc(-c4cc(I)cc(-c5ccc(C)[nH]5)c4O)nc3c2n1. The van der Waals surface area contributed by atoms with Gasteiger partial charge in [0.15, 0.2) is 0 Å². The first-order valence-corrected chi connectivity index (χ1v) is 11.0. The van der Waals surface area contributed by atoms with Gasteiger partial charge in [0.05, 0.1) is 16.7 Å². The minimum atomic E-state index is 0.228. The molecule has 4 nitrogen and oxygen atoms in total. The molecule has 2 aromatic carbocycles. The van der Waals surface area contributed by atoms with Crippen LogP contribution in [0.3, 0.4) is 0 Å². The van der Waals surface area contributed by atoms with Gasteiger partial charge in [0, 0.05) is 42.6 Å². The van der Waals surface area contributed by atoms with Crippen LogP contribution in [0.25, 0.3) is 44.3 Å². The van der Waals surface area contributed by atoms with Crippen LogP contribution < -0.4 is 0 Å². The molecular formula is C25H20IN3O. The summed E-state index contributed by atoms with van der Waals surface area (Å²) in [5.74, 6) is 0.228. The molecule has 148 valence electrons. The Balaban J connectivity index is 1.75. The van der Waals surface area contributed by atoms with E-state index < -0.39 is 0 Å². The maximum absolute atomic E-state index is 11.1. The van der Waals surface area contributed by atoms with Gasteiger partial charge in [-0.3, -0.25) is 4.98 Å². The molecule has 3 heterocycles. The Hall–Kier alpha value is -2.93. The summed E-state index contributed by atoms with van der Waals surface area (Å²) >= 11 is 2.28. The number of hydrogen-bond acceptors (Lipinski definition) is 3. The van der Waals surface area contributed by atoms with E-state index in [9.17, 15) is 5.11 Å². The highest BCUT2D eigenvalue weighted by atomic mass is 127. The zero-order valence-corrected chi connectivity index (χ0v) is 18.9. The van der Waals surface area contributed by atoms with Crippen molar-refractivity contribution in [1.82, 2.24) is 15.0 Å². The van der Waals surface area contributed by atoms with Crippen molar-refractivity contribution >= 4 is 44.4 Å². The lowest BCUT2D eigenvalue weighted by Gasteiger charge is -2.12. The molecule has 0 saturated carbocycles. The van der Waals surface area contributed by atoms with Crippen molar-refractivity contribution in [2.24, 2.45) is 0 Å². The van der Waals surface area contributed by atoms with Crippen LogP contribution >= 0.6 is 22.6 Å². The Labute approximate surface area is 188 Å². The van der Waals surface area contributed by atoms with Gasteiger partial charge in [-0.1, -0.05) is 31.2 Å². The van der Waals surface area contributed by atoms with Gasteiger partial charge >= 0.3 is 0 Å². The number of aromatic hydroxyl groups is 1. The normalized spacial score (nSPS) is 11.4. The Bertz CT molecular complexity index is 1420. The van der Waals surface area contributed by atoms with Gasteiger partial charge in [-0.05, 0) is 72.3 Å². The fourth-order valence-electron chi connectivity index (χ4n) is 3.82. The largest absolute Gasteiger partial charge is 0.507 e. The molecule has 0 aliphatic heterocycles. The highest BCUT2D eigenvalue weighted by molar-refractivity contribution is 14.1. The predicted octanol–water partition coefficient (Wildman–Crippen LogP) is 6.63. The van der Waals surface area contributed by atoms with E-state index in [0.717, 1.165) is 65.7 Å². The number of phenolic OH excluding ortho intramolecular Hbond substituents is 1. The van der Waals surface area contributed by atoms with Crippen LogP contribution in [0.2, 0.25) is 0 Å². The van der Waals surface area contributed by atoms with Gasteiger partial charge in [-0.2, -0.15) is 0 Å². The lowest BCUT2D eigenvalue weighted by molar-refractivity contribution is 0.479. The van der Waals surface area contributed by atoms with Gasteiger partial charge in [0.1, 0.15) is 5.75 Å². The Kier molecular flexibility index (Phi) is 4.70. The number of hydrogen-bond donors (Lipinski definition) is 2. The molecule has 0 aliphatic carbocycles. The minimum Gasteiger partial charge on any atom is -0.507 e. The molecule has 0 atom stereocenters. The van der Waals surface area contributed by atoms with Crippen LogP contribution in [-0.2, 0) is 6.42 Å². The number of benzene rings is 2. The third kappa shape index (κ3) is 3.23. The maximum Gasteiger partial charge on any atom is 0.134 e. The number of aromatic nitrogens is 3. The molecule has 0 bridgehead atoms. The number of nitrogens with zero attached hydrogens (tertiary/aromatic N) is 2. The first-order chi connectivity index (χ1) is 14.5. The molecule has 0 saturated heterocycles.